The summed E-state index contributed by atoms with van der Waals surface area (Å²) in [4.78, 5) is 7.63. The highest BCUT2D eigenvalue weighted by Crippen LogP contribution is 2.18. The van der Waals surface area contributed by atoms with E-state index in [-0.39, 0.29) is 6.04 Å². The normalized spacial score (nSPS) is 13.8. The van der Waals surface area contributed by atoms with E-state index in [1.807, 2.05) is 27.2 Å². The Bertz CT molecular complexity index is 242. The van der Waals surface area contributed by atoms with Gasteiger partial charge in [-0.3, -0.25) is 0 Å². The minimum Gasteiger partial charge on any atom is -0.322 e. The van der Waals surface area contributed by atoms with E-state index in [9.17, 15) is 0 Å². The van der Waals surface area contributed by atoms with Crippen molar-refractivity contribution < 1.29 is 0 Å². The van der Waals surface area contributed by atoms with Crippen LogP contribution in [-0.4, -0.2) is 24.0 Å². The molecule has 0 saturated heterocycles. The van der Waals surface area contributed by atoms with Crippen LogP contribution in [0.3, 0.4) is 0 Å². The summed E-state index contributed by atoms with van der Waals surface area (Å²) in [5.41, 5.74) is 5.69. The van der Waals surface area contributed by atoms with Crippen molar-refractivity contribution in [2.75, 3.05) is 14.1 Å². The average Bonchev–Trinajstić information content (AvgIpc) is 2.34. The van der Waals surface area contributed by atoms with Crippen LogP contribution < -0.4 is 5.73 Å². The van der Waals surface area contributed by atoms with Crippen molar-refractivity contribution in [2.24, 2.45) is 5.73 Å². The van der Waals surface area contributed by atoms with E-state index in [0.29, 0.717) is 0 Å². The summed E-state index contributed by atoms with van der Waals surface area (Å²) in [5, 5.41) is 1.02. The lowest BCUT2D eigenvalue weighted by atomic mass is 10.4. The molecule has 0 aliphatic rings. The highest BCUT2D eigenvalue weighted by atomic mass is 32.1. The molecule has 3 nitrogen and oxygen atoms in total. The number of aromatic nitrogens is 1. The number of rotatable bonds is 3. The topological polar surface area (TPSA) is 42.1 Å². The monoisotopic (exact) mass is 185 g/mol. The van der Waals surface area contributed by atoms with Gasteiger partial charge in [-0.1, -0.05) is 0 Å². The molecule has 4 heteroatoms. The molecule has 1 unspecified atom stereocenters. The first-order valence-corrected chi connectivity index (χ1v) is 4.76. The quantitative estimate of drug-likeness (QED) is 0.770. The molecule has 0 aliphatic heterocycles. The molecule has 1 aromatic rings. The lowest BCUT2D eigenvalue weighted by molar-refractivity contribution is 0.406. The number of hydrogen-bond acceptors (Lipinski definition) is 4. The Morgan fingerprint density at radius 2 is 2.33 bits per heavy atom. The van der Waals surface area contributed by atoms with Gasteiger partial charge >= 0.3 is 0 Å². The molecule has 0 fully saturated rings. The van der Waals surface area contributed by atoms with Gasteiger partial charge < -0.3 is 10.6 Å². The summed E-state index contributed by atoms with van der Waals surface area (Å²) in [5.74, 6) is 0. The summed E-state index contributed by atoms with van der Waals surface area (Å²) in [7, 11) is 4.09. The summed E-state index contributed by atoms with van der Waals surface area (Å²) in [6.45, 7) is 2.91. The van der Waals surface area contributed by atoms with Crippen molar-refractivity contribution in [3.05, 3.63) is 16.1 Å². The number of nitrogens with two attached hydrogens (primary N) is 1. The zero-order valence-corrected chi connectivity index (χ0v) is 8.56. The zero-order chi connectivity index (χ0) is 9.14. The van der Waals surface area contributed by atoms with Gasteiger partial charge in [0.05, 0.1) is 6.04 Å². The summed E-state index contributed by atoms with van der Waals surface area (Å²) < 4.78 is 0. The van der Waals surface area contributed by atoms with E-state index in [1.54, 1.807) is 11.3 Å². The molecule has 0 aromatic carbocycles. The first-order valence-electron chi connectivity index (χ1n) is 3.94. The van der Waals surface area contributed by atoms with Gasteiger partial charge in [0.25, 0.3) is 0 Å². The number of hydrogen-bond donors (Lipinski definition) is 1. The molecule has 1 atom stereocenters. The van der Waals surface area contributed by atoms with Crippen molar-refractivity contribution >= 4 is 11.3 Å². The first kappa shape index (κ1) is 9.64. The second-order valence-electron chi connectivity index (χ2n) is 3.19. The lowest BCUT2D eigenvalue weighted by Crippen LogP contribution is -2.09. The third-order valence-electron chi connectivity index (χ3n) is 1.43. The van der Waals surface area contributed by atoms with Gasteiger partial charge in [-0.15, -0.1) is 11.3 Å². The van der Waals surface area contributed by atoms with Gasteiger partial charge in [-0.05, 0) is 21.0 Å². The summed E-state index contributed by atoms with van der Waals surface area (Å²) in [6.07, 6.45) is 1.91. The highest BCUT2D eigenvalue weighted by molar-refractivity contribution is 7.11. The van der Waals surface area contributed by atoms with Crippen LogP contribution in [0.1, 0.15) is 22.9 Å². The van der Waals surface area contributed by atoms with Crippen molar-refractivity contribution in [3.63, 3.8) is 0 Å². The maximum absolute atomic E-state index is 5.69. The highest BCUT2D eigenvalue weighted by Gasteiger charge is 2.05. The maximum atomic E-state index is 5.69. The van der Waals surface area contributed by atoms with Crippen LogP contribution >= 0.6 is 11.3 Å². The molecular formula is C8H15N3S. The fourth-order valence-corrected chi connectivity index (χ4v) is 1.91. The average molecular weight is 185 g/mol. The van der Waals surface area contributed by atoms with E-state index in [1.165, 1.54) is 4.88 Å². The van der Waals surface area contributed by atoms with Crippen LogP contribution in [0.2, 0.25) is 0 Å². The fourth-order valence-electron chi connectivity index (χ4n) is 0.918. The smallest absolute Gasteiger partial charge is 0.109 e. The predicted molar refractivity (Wildman–Crippen MR) is 52.1 cm³/mol. The van der Waals surface area contributed by atoms with Crippen LogP contribution in [0, 0.1) is 0 Å². The fraction of sp³-hybridized carbons (Fsp3) is 0.625. The first-order chi connectivity index (χ1) is 5.59. The maximum Gasteiger partial charge on any atom is 0.109 e. The summed E-state index contributed by atoms with van der Waals surface area (Å²) >= 11 is 1.69. The van der Waals surface area contributed by atoms with E-state index in [4.69, 9.17) is 5.73 Å². The third-order valence-corrected chi connectivity index (χ3v) is 2.62. The standard InChI is InChI=1S/C8H15N3S/c1-6(9)8-10-4-7(12-8)5-11(2)3/h4,6H,5,9H2,1-3H3. The van der Waals surface area contributed by atoms with E-state index >= 15 is 0 Å². The lowest BCUT2D eigenvalue weighted by Gasteiger charge is -2.05. The van der Waals surface area contributed by atoms with Crippen molar-refractivity contribution in [3.8, 4) is 0 Å². The molecule has 1 rings (SSSR count). The third kappa shape index (κ3) is 2.55. The van der Waals surface area contributed by atoms with Crippen LogP contribution in [0.4, 0.5) is 0 Å². The molecule has 1 heterocycles. The molecule has 0 aliphatic carbocycles. The Hall–Kier alpha value is -0.450. The van der Waals surface area contributed by atoms with Gasteiger partial charge in [0.1, 0.15) is 5.01 Å². The molecule has 1 aromatic heterocycles. The van der Waals surface area contributed by atoms with Crippen LogP contribution in [-0.2, 0) is 6.54 Å². The predicted octanol–water partition coefficient (Wildman–Crippen LogP) is 1.22. The molecule has 0 saturated carbocycles. The number of thiazole rings is 1. The molecule has 0 bridgehead atoms. The SMILES string of the molecule is CC(N)c1ncc(CN(C)C)s1. The molecule has 2 N–H and O–H groups in total. The Morgan fingerprint density at radius 1 is 1.67 bits per heavy atom. The van der Waals surface area contributed by atoms with Gasteiger partial charge in [0.2, 0.25) is 0 Å². The van der Waals surface area contributed by atoms with E-state index in [0.717, 1.165) is 11.6 Å². The Morgan fingerprint density at radius 3 is 2.75 bits per heavy atom. The van der Waals surface area contributed by atoms with Crippen molar-refractivity contribution in [1.29, 1.82) is 0 Å². The van der Waals surface area contributed by atoms with E-state index in [2.05, 4.69) is 9.88 Å². The molecule has 0 radical (unpaired) electrons. The van der Waals surface area contributed by atoms with Gasteiger partial charge in [-0.2, -0.15) is 0 Å². The van der Waals surface area contributed by atoms with E-state index < -0.39 is 0 Å². The van der Waals surface area contributed by atoms with Crippen LogP contribution in [0.25, 0.3) is 0 Å². The van der Waals surface area contributed by atoms with Gasteiger partial charge in [-0.25, -0.2) is 4.98 Å². The Kier molecular flexibility index (Phi) is 3.20. The zero-order valence-electron chi connectivity index (χ0n) is 7.74. The summed E-state index contributed by atoms with van der Waals surface area (Å²) in [6, 6.07) is 0.0610. The number of nitrogens with zero attached hydrogens (tertiary/aromatic N) is 2. The minimum atomic E-state index is 0.0610. The molecule has 0 amide bonds. The molecule has 12 heavy (non-hydrogen) atoms. The van der Waals surface area contributed by atoms with Gasteiger partial charge in [0.15, 0.2) is 0 Å². The van der Waals surface area contributed by atoms with Crippen LogP contribution in [0.15, 0.2) is 6.20 Å². The van der Waals surface area contributed by atoms with Crippen LogP contribution in [0.5, 0.6) is 0 Å². The minimum absolute atomic E-state index is 0.0610. The second kappa shape index (κ2) is 3.98. The van der Waals surface area contributed by atoms with Crippen molar-refractivity contribution in [2.45, 2.75) is 19.5 Å². The van der Waals surface area contributed by atoms with Gasteiger partial charge in [0, 0.05) is 17.6 Å². The second-order valence-corrected chi connectivity index (χ2v) is 4.34. The molecular weight excluding hydrogens is 170 g/mol. The van der Waals surface area contributed by atoms with Crippen molar-refractivity contribution in [1.82, 2.24) is 9.88 Å². The molecule has 68 valence electrons. The largest absolute Gasteiger partial charge is 0.322 e. The Labute approximate surface area is 77.2 Å². The molecule has 0 spiro atoms. The Balaban J connectivity index is 2.64.